The van der Waals surface area contributed by atoms with Gasteiger partial charge in [0.05, 0.1) is 30.4 Å². The van der Waals surface area contributed by atoms with Gasteiger partial charge in [0, 0.05) is 12.0 Å². The molecule has 2 unspecified atom stereocenters. The second-order valence-corrected chi connectivity index (χ2v) is 6.60. The molecule has 2 aromatic rings. The van der Waals surface area contributed by atoms with E-state index in [2.05, 4.69) is 33.8 Å². The third-order valence-corrected chi connectivity index (χ3v) is 5.40. The monoisotopic (exact) mass is 297 g/mol. The van der Waals surface area contributed by atoms with Crippen LogP contribution in [0, 0.1) is 5.92 Å². The van der Waals surface area contributed by atoms with Crippen molar-refractivity contribution in [3.05, 3.63) is 42.4 Å². The topological polar surface area (TPSA) is 53.1 Å². The third kappa shape index (κ3) is 2.27. The second kappa shape index (κ2) is 5.86. The number of aromatic nitrogens is 2. The largest absolute Gasteiger partial charge is 0.323 e. The van der Waals surface area contributed by atoms with Crippen LogP contribution in [0.5, 0.6) is 0 Å². The van der Waals surface area contributed by atoms with Crippen LogP contribution in [-0.2, 0) is 4.84 Å². The highest BCUT2D eigenvalue weighted by Gasteiger charge is 2.33. The van der Waals surface area contributed by atoms with E-state index in [1.54, 1.807) is 0 Å². The van der Waals surface area contributed by atoms with Gasteiger partial charge in [-0.3, -0.25) is 0 Å². The first-order chi connectivity index (χ1) is 10.9. The van der Waals surface area contributed by atoms with Gasteiger partial charge in [0.2, 0.25) is 0 Å². The molecular weight excluding hydrogens is 274 g/mol. The fourth-order valence-electron chi connectivity index (χ4n) is 4.26. The highest BCUT2D eigenvalue weighted by Crippen LogP contribution is 2.43. The van der Waals surface area contributed by atoms with Crippen LogP contribution in [0.3, 0.4) is 0 Å². The van der Waals surface area contributed by atoms with Crippen molar-refractivity contribution in [1.82, 2.24) is 9.55 Å². The number of benzene rings is 1. The van der Waals surface area contributed by atoms with Crippen LogP contribution in [0.15, 0.2) is 36.8 Å². The summed E-state index contributed by atoms with van der Waals surface area (Å²) in [6.07, 6.45) is 11.4. The van der Waals surface area contributed by atoms with Crippen molar-refractivity contribution >= 4 is 0 Å². The molecule has 2 atom stereocenters. The van der Waals surface area contributed by atoms with E-state index in [4.69, 9.17) is 10.7 Å². The molecule has 1 aromatic carbocycles. The van der Waals surface area contributed by atoms with Crippen LogP contribution in [0.2, 0.25) is 0 Å². The summed E-state index contributed by atoms with van der Waals surface area (Å²) in [7, 11) is 0. The molecule has 1 fully saturated rings. The zero-order valence-electron chi connectivity index (χ0n) is 12.8. The molecule has 1 aliphatic carbocycles. The quantitative estimate of drug-likeness (QED) is 0.876. The lowest BCUT2D eigenvalue weighted by Gasteiger charge is -2.30. The Kier molecular flexibility index (Phi) is 3.72. The van der Waals surface area contributed by atoms with Gasteiger partial charge in [-0.15, -0.1) is 0 Å². The number of rotatable bonds is 4. The normalized spacial score (nSPS) is 22.3. The Bertz CT molecular complexity index is 645. The summed E-state index contributed by atoms with van der Waals surface area (Å²) in [4.78, 5) is 9.75. The molecule has 0 radical (unpaired) electrons. The van der Waals surface area contributed by atoms with Gasteiger partial charge in [0.15, 0.2) is 0 Å². The fraction of sp³-hybridized carbons (Fsp3) is 0.500. The molecular formula is C18H23N3O. The number of nitrogens with two attached hydrogens (primary N) is 1. The molecule has 1 saturated carbocycles. The van der Waals surface area contributed by atoms with Gasteiger partial charge in [-0.1, -0.05) is 43.5 Å². The second-order valence-electron chi connectivity index (χ2n) is 6.60. The Morgan fingerprint density at radius 2 is 2.05 bits per heavy atom. The van der Waals surface area contributed by atoms with Gasteiger partial charge < -0.3 is 9.40 Å². The predicted octanol–water partition coefficient (Wildman–Crippen LogP) is 3.68. The van der Waals surface area contributed by atoms with Crippen LogP contribution in [0.4, 0.5) is 0 Å². The summed E-state index contributed by atoms with van der Waals surface area (Å²) in [5, 5.41) is 0. The lowest BCUT2D eigenvalue weighted by atomic mass is 9.82. The molecule has 4 rings (SSSR count). The number of hydrogen-bond acceptors (Lipinski definition) is 3. The Labute approximate surface area is 131 Å². The number of imidazole rings is 1. The average molecular weight is 297 g/mol. The molecule has 1 aromatic heterocycles. The number of nitrogens with zero attached hydrogens (tertiary/aromatic N) is 2. The molecule has 2 aliphatic rings. The summed E-state index contributed by atoms with van der Waals surface area (Å²) >= 11 is 0. The Morgan fingerprint density at radius 1 is 1.23 bits per heavy atom. The molecule has 1 aliphatic heterocycles. The standard InChI is InChI=1S/C18H23N3O/c19-22-18(13-6-2-1-3-7-13)10-16-14-8-4-5-9-15(14)17-11-20-12-21(16)17/h4-5,8-9,11-13,16,18H,1-3,6-7,10,19H2. The van der Waals surface area contributed by atoms with Crippen molar-refractivity contribution in [3.63, 3.8) is 0 Å². The van der Waals surface area contributed by atoms with Crippen LogP contribution < -0.4 is 5.90 Å². The first kappa shape index (κ1) is 14.0. The van der Waals surface area contributed by atoms with Crippen LogP contribution in [0.1, 0.15) is 50.1 Å². The maximum Gasteiger partial charge on any atom is 0.0956 e. The van der Waals surface area contributed by atoms with Gasteiger partial charge in [0.25, 0.3) is 0 Å². The van der Waals surface area contributed by atoms with E-state index >= 15 is 0 Å². The van der Waals surface area contributed by atoms with Crippen molar-refractivity contribution in [2.75, 3.05) is 0 Å². The molecule has 4 nitrogen and oxygen atoms in total. The summed E-state index contributed by atoms with van der Waals surface area (Å²) in [6, 6.07) is 8.91. The van der Waals surface area contributed by atoms with Gasteiger partial charge in [0.1, 0.15) is 0 Å². The highest BCUT2D eigenvalue weighted by atomic mass is 16.6. The lowest BCUT2D eigenvalue weighted by Crippen LogP contribution is -2.31. The number of fused-ring (bicyclic) bond motifs is 3. The van der Waals surface area contributed by atoms with Gasteiger partial charge >= 0.3 is 0 Å². The van der Waals surface area contributed by atoms with Crippen molar-refractivity contribution in [3.8, 4) is 11.3 Å². The predicted molar refractivity (Wildman–Crippen MR) is 86.1 cm³/mol. The molecule has 4 heteroatoms. The zero-order valence-corrected chi connectivity index (χ0v) is 12.8. The SMILES string of the molecule is NOC(CC1c2ccccc2-c2cncn21)C1CCCCC1. The molecule has 2 heterocycles. The summed E-state index contributed by atoms with van der Waals surface area (Å²) in [5.41, 5.74) is 3.88. The first-order valence-corrected chi connectivity index (χ1v) is 8.35. The Hall–Kier alpha value is -1.65. The van der Waals surface area contributed by atoms with Crippen molar-refractivity contribution < 1.29 is 4.84 Å². The highest BCUT2D eigenvalue weighted by molar-refractivity contribution is 5.68. The van der Waals surface area contributed by atoms with Gasteiger partial charge in [-0.05, 0) is 24.3 Å². The van der Waals surface area contributed by atoms with Gasteiger partial charge in [-0.2, -0.15) is 0 Å². The van der Waals surface area contributed by atoms with E-state index in [1.165, 1.54) is 48.9 Å². The summed E-state index contributed by atoms with van der Waals surface area (Å²) in [6.45, 7) is 0. The van der Waals surface area contributed by atoms with Crippen LogP contribution in [-0.4, -0.2) is 15.7 Å². The maximum atomic E-state index is 5.67. The minimum absolute atomic E-state index is 0.131. The molecule has 116 valence electrons. The first-order valence-electron chi connectivity index (χ1n) is 8.35. The van der Waals surface area contributed by atoms with E-state index in [0.717, 1.165) is 6.42 Å². The van der Waals surface area contributed by atoms with E-state index in [1.807, 2.05) is 12.5 Å². The zero-order chi connectivity index (χ0) is 14.9. The average Bonchev–Trinajstić information content (AvgIpc) is 3.15. The number of hydrogen-bond donors (Lipinski definition) is 1. The van der Waals surface area contributed by atoms with Gasteiger partial charge in [-0.25, -0.2) is 10.9 Å². The molecule has 0 bridgehead atoms. The Balaban J connectivity index is 1.62. The smallest absolute Gasteiger partial charge is 0.0956 e. The summed E-state index contributed by atoms with van der Waals surface area (Å²) in [5.74, 6) is 6.27. The maximum absolute atomic E-state index is 5.67. The summed E-state index contributed by atoms with van der Waals surface area (Å²) < 4.78 is 2.28. The van der Waals surface area contributed by atoms with Crippen molar-refractivity contribution in [2.45, 2.75) is 50.7 Å². The lowest BCUT2D eigenvalue weighted by molar-refractivity contribution is -0.0117. The van der Waals surface area contributed by atoms with E-state index in [9.17, 15) is 0 Å². The van der Waals surface area contributed by atoms with Crippen molar-refractivity contribution in [2.24, 2.45) is 11.8 Å². The minimum atomic E-state index is 0.131. The van der Waals surface area contributed by atoms with Crippen LogP contribution >= 0.6 is 0 Å². The van der Waals surface area contributed by atoms with E-state index in [-0.39, 0.29) is 6.10 Å². The van der Waals surface area contributed by atoms with Crippen molar-refractivity contribution in [1.29, 1.82) is 0 Å². The molecule has 0 spiro atoms. The minimum Gasteiger partial charge on any atom is -0.323 e. The molecule has 0 amide bonds. The van der Waals surface area contributed by atoms with E-state index < -0.39 is 0 Å². The molecule has 0 saturated heterocycles. The fourth-order valence-corrected chi connectivity index (χ4v) is 4.26. The Morgan fingerprint density at radius 3 is 2.86 bits per heavy atom. The molecule has 22 heavy (non-hydrogen) atoms. The third-order valence-electron chi connectivity index (χ3n) is 5.40. The van der Waals surface area contributed by atoms with Crippen LogP contribution in [0.25, 0.3) is 11.3 Å². The van der Waals surface area contributed by atoms with E-state index in [0.29, 0.717) is 12.0 Å². The molecule has 2 N–H and O–H groups in total.